The molecule has 0 rings (SSSR count). The summed E-state index contributed by atoms with van der Waals surface area (Å²) >= 11 is 0. The van der Waals surface area contributed by atoms with Gasteiger partial charge in [-0.05, 0) is 90.8 Å². The van der Waals surface area contributed by atoms with Gasteiger partial charge in [0, 0.05) is 0 Å². The van der Waals surface area contributed by atoms with Crippen LogP contribution in [0.4, 0.5) is 0 Å². The molecular weight excluding hydrogens is 408 g/mol. The summed E-state index contributed by atoms with van der Waals surface area (Å²) in [5.41, 5.74) is 0. The van der Waals surface area contributed by atoms with Crippen molar-refractivity contribution in [2.24, 2.45) is 0 Å². The molecule has 0 aromatic heterocycles. The normalized spacial score (nSPS) is 12.6. The summed E-state index contributed by atoms with van der Waals surface area (Å²) < 4.78 is 9.02. The van der Waals surface area contributed by atoms with E-state index in [4.69, 9.17) is 0 Å². The highest BCUT2D eigenvalue weighted by molar-refractivity contribution is 6.69. The van der Waals surface area contributed by atoms with Crippen LogP contribution >= 0.6 is 0 Å². The molecule has 0 bridgehead atoms. The molecule has 32 heavy (non-hydrogen) atoms. The Labute approximate surface area is 205 Å². The Morgan fingerprint density at radius 2 is 0.656 bits per heavy atom. The predicted octanol–water partition coefficient (Wildman–Crippen LogP) is 7.13. The van der Waals surface area contributed by atoms with E-state index in [1.807, 2.05) is 0 Å². The zero-order valence-corrected chi connectivity index (χ0v) is 24.5. The largest absolute Gasteiger partial charge is 0.374 e. The first-order chi connectivity index (χ1) is 15.6. The smallest absolute Gasteiger partial charge is 0.300 e. The van der Waals surface area contributed by atoms with Crippen LogP contribution in [0.1, 0.15) is 132 Å². The van der Waals surface area contributed by atoms with Crippen LogP contribution in [0, 0.1) is 0 Å². The van der Waals surface area contributed by atoms with Gasteiger partial charge >= 0.3 is 8.72 Å². The number of hydrogen-bond donors (Lipinski definition) is 1. The molecular formula is C27H62N4Si. The maximum atomic E-state index is 4.35. The molecule has 0 heterocycles. The van der Waals surface area contributed by atoms with Crippen LogP contribution in [0.5, 0.6) is 0 Å². The number of nitrogens with zero attached hydrogens (tertiary/aromatic N) is 3. The summed E-state index contributed by atoms with van der Waals surface area (Å²) in [6.07, 6.45) is 16.8. The lowest BCUT2D eigenvalue weighted by atomic mass is 10.3. The van der Waals surface area contributed by atoms with Crippen molar-refractivity contribution in [1.82, 2.24) is 18.7 Å². The second kappa shape index (κ2) is 21.6. The van der Waals surface area contributed by atoms with Crippen molar-refractivity contribution in [2.75, 3.05) is 45.8 Å². The van der Waals surface area contributed by atoms with Gasteiger partial charge in [0.2, 0.25) is 0 Å². The maximum absolute atomic E-state index is 4.35. The third-order valence-corrected chi connectivity index (χ3v) is 11.3. The summed E-state index contributed by atoms with van der Waals surface area (Å²) in [6, 6.07) is 0. The van der Waals surface area contributed by atoms with Gasteiger partial charge in [0.15, 0.2) is 0 Å². The minimum Gasteiger partial charge on any atom is -0.300 e. The lowest BCUT2D eigenvalue weighted by Crippen LogP contribution is -2.83. The highest BCUT2D eigenvalue weighted by Crippen LogP contribution is 2.24. The lowest BCUT2D eigenvalue weighted by Gasteiger charge is -2.54. The van der Waals surface area contributed by atoms with Crippen LogP contribution in [0.25, 0.3) is 0 Å². The third kappa shape index (κ3) is 11.5. The Morgan fingerprint density at radius 3 is 0.844 bits per heavy atom. The van der Waals surface area contributed by atoms with Crippen molar-refractivity contribution in [1.29, 1.82) is 0 Å². The summed E-state index contributed by atoms with van der Waals surface area (Å²) in [4.78, 5) is 4.35. The molecule has 0 unspecified atom stereocenters. The lowest BCUT2D eigenvalue weighted by molar-refractivity contribution is 0.210. The second-order valence-corrected chi connectivity index (χ2v) is 13.2. The monoisotopic (exact) mass is 470 g/mol. The SMILES string of the molecule is CCCCN(CCCC)[Si](NCCC)(N(CCCC)CCCC)N(CCCC)CCCC. The Morgan fingerprint density at radius 1 is 0.406 bits per heavy atom. The summed E-state index contributed by atoms with van der Waals surface area (Å²) in [5.74, 6) is 0. The van der Waals surface area contributed by atoms with Gasteiger partial charge in [-0.2, -0.15) is 0 Å². The molecule has 0 saturated heterocycles. The number of unbranched alkanes of at least 4 members (excludes halogenated alkanes) is 6. The van der Waals surface area contributed by atoms with Crippen LogP contribution in [0.3, 0.4) is 0 Å². The molecule has 0 aliphatic heterocycles. The van der Waals surface area contributed by atoms with Crippen molar-refractivity contribution in [2.45, 2.75) is 132 Å². The maximum Gasteiger partial charge on any atom is 0.374 e. The van der Waals surface area contributed by atoms with Crippen molar-refractivity contribution < 1.29 is 0 Å². The number of nitrogens with one attached hydrogen (secondary N) is 1. The molecule has 0 aromatic carbocycles. The van der Waals surface area contributed by atoms with E-state index in [0.29, 0.717) is 0 Å². The molecule has 0 spiro atoms. The molecule has 5 heteroatoms. The molecule has 0 aliphatic carbocycles. The van der Waals surface area contributed by atoms with Crippen molar-refractivity contribution in [3.8, 4) is 0 Å². The van der Waals surface area contributed by atoms with Crippen LogP contribution in [-0.2, 0) is 0 Å². The molecule has 0 atom stereocenters. The third-order valence-electron chi connectivity index (χ3n) is 6.62. The van der Waals surface area contributed by atoms with Crippen LogP contribution < -0.4 is 4.98 Å². The highest BCUT2D eigenvalue weighted by Gasteiger charge is 2.50. The first-order valence-corrected chi connectivity index (χ1v) is 16.5. The van der Waals surface area contributed by atoms with Crippen molar-refractivity contribution in [3.63, 3.8) is 0 Å². The minimum absolute atomic E-state index is 1.14. The molecule has 0 aromatic rings. The molecule has 0 aliphatic rings. The highest BCUT2D eigenvalue weighted by atomic mass is 28.4. The second-order valence-electron chi connectivity index (χ2n) is 9.64. The van der Waals surface area contributed by atoms with E-state index in [2.05, 4.69) is 67.1 Å². The summed E-state index contributed by atoms with van der Waals surface area (Å²) in [5, 5.41) is 0. The van der Waals surface area contributed by atoms with E-state index < -0.39 is 8.72 Å². The Bertz CT molecular complexity index is 320. The van der Waals surface area contributed by atoms with Gasteiger partial charge in [-0.15, -0.1) is 0 Å². The molecule has 4 nitrogen and oxygen atoms in total. The van der Waals surface area contributed by atoms with Gasteiger partial charge in [0.25, 0.3) is 0 Å². The fourth-order valence-corrected chi connectivity index (χ4v) is 9.87. The number of hydrogen-bond acceptors (Lipinski definition) is 4. The van der Waals surface area contributed by atoms with Crippen LogP contribution in [0.2, 0.25) is 0 Å². The fourth-order valence-electron chi connectivity index (χ4n) is 4.59. The zero-order valence-electron chi connectivity index (χ0n) is 23.5. The van der Waals surface area contributed by atoms with Crippen molar-refractivity contribution in [3.05, 3.63) is 0 Å². The van der Waals surface area contributed by atoms with Crippen molar-refractivity contribution >= 4 is 8.72 Å². The Kier molecular flexibility index (Phi) is 21.6. The standard InChI is InChI=1S/C27H62N4Si/c1-8-15-22-29(23-16-9-2)32(28-21-14-7,30(24-17-10-3)25-18-11-4)31(26-19-12-5)27-20-13-6/h28H,8-27H2,1-7H3. The van der Waals surface area contributed by atoms with E-state index in [1.165, 1.54) is 123 Å². The topological polar surface area (TPSA) is 21.8 Å². The van der Waals surface area contributed by atoms with Crippen LogP contribution in [0.15, 0.2) is 0 Å². The van der Waals surface area contributed by atoms with Gasteiger partial charge < -0.3 is 4.98 Å². The molecule has 0 saturated carbocycles. The minimum atomic E-state index is -2.18. The number of rotatable bonds is 24. The summed E-state index contributed by atoms with van der Waals surface area (Å²) in [7, 11) is -2.18. The van der Waals surface area contributed by atoms with Gasteiger partial charge in [-0.1, -0.05) is 87.0 Å². The molecule has 0 radical (unpaired) electrons. The molecule has 194 valence electrons. The van der Waals surface area contributed by atoms with E-state index >= 15 is 0 Å². The first-order valence-electron chi connectivity index (χ1n) is 14.6. The average molecular weight is 471 g/mol. The molecule has 0 amide bonds. The zero-order chi connectivity index (χ0) is 24.1. The quantitative estimate of drug-likeness (QED) is 0.151. The average Bonchev–Trinajstić information content (AvgIpc) is 2.81. The van der Waals surface area contributed by atoms with Gasteiger partial charge in [0.1, 0.15) is 0 Å². The van der Waals surface area contributed by atoms with E-state index in [-0.39, 0.29) is 0 Å². The fraction of sp³-hybridized carbons (Fsp3) is 1.00. The van der Waals surface area contributed by atoms with E-state index in [0.717, 1.165) is 6.54 Å². The van der Waals surface area contributed by atoms with Gasteiger partial charge in [0.05, 0.1) is 0 Å². The summed E-state index contributed by atoms with van der Waals surface area (Å²) in [6.45, 7) is 25.2. The van der Waals surface area contributed by atoms with Gasteiger partial charge in [-0.25, -0.2) is 0 Å². The van der Waals surface area contributed by atoms with Gasteiger partial charge in [-0.3, -0.25) is 13.7 Å². The predicted molar refractivity (Wildman–Crippen MR) is 148 cm³/mol. The molecule has 0 fully saturated rings. The first kappa shape index (κ1) is 32.1. The van der Waals surface area contributed by atoms with E-state index in [9.17, 15) is 0 Å². The Balaban J connectivity index is 6.53. The van der Waals surface area contributed by atoms with Crippen LogP contribution in [-0.4, -0.2) is 68.2 Å². The Hall–Kier alpha value is 0.0569. The van der Waals surface area contributed by atoms with E-state index in [1.54, 1.807) is 0 Å². The molecule has 1 N–H and O–H groups in total.